The van der Waals surface area contributed by atoms with Crippen molar-refractivity contribution in [1.82, 2.24) is 4.72 Å². The summed E-state index contributed by atoms with van der Waals surface area (Å²) in [4.78, 5) is 0.151. The molecule has 0 saturated carbocycles. The molecule has 0 fully saturated rings. The van der Waals surface area contributed by atoms with Crippen molar-refractivity contribution in [3.63, 3.8) is 0 Å². The van der Waals surface area contributed by atoms with Gasteiger partial charge < -0.3 is 5.73 Å². The topological polar surface area (TPSA) is 72.2 Å². The monoisotopic (exact) mass is 322 g/mol. The van der Waals surface area contributed by atoms with Crippen molar-refractivity contribution in [2.45, 2.75) is 24.2 Å². The maximum atomic E-state index is 12.0. The smallest absolute Gasteiger partial charge is 0.240 e. The molecule has 0 heterocycles. The molecular weight excluding hydrogens is 304 g/mol. The number of unbranched alkanes of at least 4 members (excludes halogenated alkanes) is 2. The number of hydrogen-bond acceptors (Lipinski definition) is 4. The van der Waals surface area contributed by atoms with Crippen LogP contribution in [-0.2, 0) is 10.0 Å². The van der Waals surface area contributed by atoms with E-state index in [1.165, 1.54) is 18.2 Å². The highest BCUT2D eigenvalue weighted by atomic mass is 35.5. The fourth-order valence-corrected chi connectivity index (χ4v) is 3.25. The number of nitrogen functional groups attached to an aromatic ring is 1. The molecule has 0 amide bonds. The van der Waals surface area contributed by atoms with Gasteiger partial charge in [0.25, 0.3) is 0 Å². The molecular formula is C12H19ClN2O2S2. The van der Waals surface area contributed by atoms with Crippen LogP contribution in [0.1, 0.15) is 19.3 Å². The molecule has 0 saturated heterocycles. The molecule has 0 aliphatic heterocycles. The summed E-state index contributed by atoms with van der Waals surface area (Å²) < 4.78 is 26.5. The summed E-state index contributed by atoms with van der Waals surface area (Å²) >= 11 is 7.56. The average molecular weight is 323 g/mol. The molecule has 1 aromatic carbocycles. The van der Waals surface area contributed by atoms with Gasteiger partial charge in [-0.05, 0) is 43.0 Å². The molecule has 0 aromatic heterocycles. The zero-order chi connectivity index (χ0) is 14.3. The van der Waals surface area contributed by atoms with E-state index in [4.69, 9.17) is 17.3 Å². The van der Waals surface area contributed by atoms with E-state index in [0.29, 0.717) is 11.6 Å². The Bertz CT molecular complexity index is 506. The van der Waals surface area contributed by atoms with Crippen molar-refractivity contribution in [2.75, 3.05) is 24.3 Å². The van der Waals surface area contributed by atoms with Crippen molar-refractivity contribution < 1.29 is 8.42 Å². The van der Waals surface area contributed by atoms with Crippen LogP contribution in [-0.4, -0.2) is 27.0 Å². The highest BCUT2D eigenvalue weighted by molar-refractivity contribution is 7.98. The molecule has 3 N–H and O–H groups in total. The fourth-order valence-electron chi connectivity index (χ4n) is 1.53. The number of rotatable bonds is 8. The first-order valence-corrected chi connectivity index (χ1v) is 9.26. The molecule has 0 spiro atoms. The first-order valence-electron chi connectivity index (χ1n) is 6.01. The Morgan fingerprint density at radius 2 is 2.05 bits per heavy atom. The lowest BCUT2D eigenvalue weighted by Crippen LogP contribution is -2.24. The number of sulfonamides is 1. The first-order chi connectivity index (χ1) is 8.97. The standard InChI is InChI=1S/C12H19ClN2O2S2/c1-18-8-4-2-3-7-15-19(16,17)10-5-6-11(13)12(14)9-10/h5-6,9,15H,2-4,7-8,14H2,1H3. The van der Waals surface area contributed by atoms with E-state index in [2.05, 4.69) is 11.0 Å². The lowest BCUT2D eigenvalue weighted by molar-refractivity contribution is 0.576. The van der Waals surface area contributed by atoms with Crippen LogP contribution in [0.2, 0.25) is 5.02 Å². The van der Waals surface area contributed by atoms with Gasteiger partial charge in [-0.25, -0.2) is 13.1 Å². The Balaban J connectivity index is 2.49. The predicted molar refractivity (Wildman–Crippen MR) is 83.3 cm³/mol. The summed E-state index contributed by atoms with van der Waals surface area (Å²) in [6.45, 7) is 0.444. The summed E-state index contributed by atoms with van der Waals surface area (Å²) in [5, 5.41) is 0.357. The van der Waals surface area contributed by atoms with Gasteiger partial charge in [-0.15, -0.1) is 0 Å². The molecule has 0 aliphatic carbocycles. The Labute approximate surface area is 124 Å². The van der Waals surface area contributed by atoms with Crippen molar-refractivity contribution in [1.29, 1.82) is 0 Å². The highest BCUT2D eigenvalue weighted by Crippen LogP contribution is 2.22. The van der Waals surface area contributed by atoms with Gasteiger partial charge in [0, 0.05) is 6.54 Å². The number of thioether (sulfide) groups is 1. The Kier molecular flexibility index (Phi) is 6.99. The maximum absolute atomic E-state index is 12.0. The molecule has 0 radical (unpaired) electrons. The average Bonchev–Trinajstić information content (AvgIpc) is 2.36. The van der Waals surface area contributed by atoms with Gasteiger partial charge in [-0.3, -0.25) is 0 Å². The summed E-state index contributed by atoms with van der Waals surface area (Å²) in [6.07, 6.45) is 5.03. The van der Waals surface area contributed by atoms with E-state index in [1.54, 1.807) is 11.8 Å². The number of anilines is 1. The quantitative estimate of drug-likeness (QED) is 0.570. The Hall–Kier alpha value is -0.430. The van der Waals surface area contributed by atoms with Crippen molar-refractivity contribution in [2.24, 2.45) is 0 Å². The number of benzene rings is 1. The summed E-state index contributed by atoms with van der Waals surface area (Å²) in [7, 11) is -3.49. The van der Waals surface area contributed by atoms with Crippen LogP contribution in [0, 0.1) is 0 Å². The molecule has 1 rings (SSSR count). The predicted octanol–water partition coefficient (Wildman–Crippen LogP) is 2.73. The van der Waals surface area contributed by atoms with Gasteiger partial charge >= 0.3 is 0 Å². The second-order valence-electron chi connectivity index (χ2n) is 4.13. The minimum Gasteiger partial charge on any atom is -0.397 e. The molecule has 4 nitrogen and oxygen atoms in total. The third-order valence-corrected chi connectivity index (χ3v) is 5.09. The Morgan fingerprint density at radius 3 is 2.68 bits per heavy atom. The zero-order valence-corrected chi connectivity index (χ0v) is 13.2. The molecule has 108 valence electrons. The third kappa shape index (κ3) is 5.60. The van der Waals surface area contributed by atoms with Crippen LogP contribution in [0.3, 0.4) is 0 Å². The highest BCUT2D eigenvalue weighted by Gasteiger charge is 2.14. The lowest BCUT2D eigenvalue weighted by Gasteiger charge is -2.08. The largest absolute Gasteiger partial charge is 0.397 e. The minimum absolute atomic E-state index is 0.151. The second kappa shape index (κ2) is 7.99. The zero-order valence-electron chi connectivity index (χ0n) is 10.9. The molecule has 0 aliphatic rings. The Morgan fingerprint density at radius 1 is 1.32 bits per heavy atom. The van der Waals surface area contributed by atoms with E-state index < -0.39 is 10.0 Å². The van der Waals surface area contributed by atoms with E-state index >= 15 is 0 Å². The van der Waals surface area contributed by atoms with Crippen molar-refractivity contribution in [3.8, 4) is 0 Å². The summed E-state index contributed by atoms with van der Waals surface area (Å²) in [6, 6.07) is 4.32. The van der Waals surface area contributed by atoms with Crippen LogP contribution >= 0.6 is 23.4 Å². The minimum atomic E-state index is -3.49. The van der Waals surface area contributed by atoms with Crippen molar-refractivity contribution >= 4 is 39.1 Å². The van der Waals surface area contributed by atoms with E-state index in [9.17, 15) is 8.42 Å². The molecule has 19 heavy (non-hydrogen) atoms. The van der Waals surface area contributed by atoms with Crippen LogP contribution in [0.15, 0.2) is 23.1 Å². The SMILES string of the molecule is CSCCCCCNS(=O)(=O)c1ccc(Cl)c(N)c1. The fraction of sp³-hybridized carbons (Fsp3) is 0.500. The van der Waals surface area contributed by atoms with Gasteiger partial charge in [-0.1, -0.05) is 18.0 Å². The molecule has 0 atom stereocenters. The van der Waals surface area contributed by atoms with Gasteiger partial charge in [-0.2, -0.15) is 11.8 Å². The maximum Gasteiger partial charge on any atom is 0.240 e. The van der Waals surface area contributed by atoms with Crippen LogP contribution < -0.4 is 10.5 Å². The summed E-state index contributed by atoms with van der Waals surface area (Å²) in [5.41, 5.74) is 5.87. The van der Waals surface area contributed by atoms with Crippen LogP contribution in [0.25, 0.3) is 0 Å². The molecule has 1 aromatic rings. The molecule has 0 unspecified atom stereocenters. The van der Waals surface area contributed by atoms with Gasteiger partial charge in [0.15, 0.2) is 0 Å². The van der Waals surface area contributed by atoms with Gasteiger partial charge in [0.1, 0.15) is 0 Å². The third-order valence-electron chi connectivity index (χ3n) is 2.60. The number of halogens is 1. The second-order valence-corrected chi connectivity index (χ2v) is 7.29. The van der Waals surface area contributed by atoms with E-state index in [0.717, 1.165) is 25.0 Å². The van der Waals surface area contributed by atoms with Crippen LogP contribution in [0.5, 0.6) is 0 Å². The normalized spacial score (nSPS) is 11.7. The molecule has 0 bridgehead atoms. The lowest BCUT2D eigenvalue weighted by atomic mass is 10.2. The van der Waals surface area contributed by atoms with E-state index in [1.807, 2.05) is 0 Å². The van der Waals surface area contributed by atoms with Crippen LogP contribution in [0.4, 0.5) is 5.69 Å². The first kappa shape index (κ1) is 16.6. The number of hydrogen-bond donors (Lipinski definition) is 2. The van der Waals surface area contributed by atoms with Gasteiger partial charge in [0.2, 0.25) is 10.0 Å². The van der Waals surface area contributed by atoms with Crippen molar-refractivity contribution in [3.05, 3.63) is 23.2 Å². The number of nitrogens with one attached hydrogen (secondary N) is 1. The number of nitrogens with two attached hydrogens (primary N) is 1. The molecule has 7 heteroatoms. The van der Waals surface area contributed by atoms with E-state index in [-0.39, 0.29) is 10.6 Å². The summed E-state index contributed by atoms with van der Waals surface area (Å²) in [5.74, 6) is 1.11. The van der Waals surface area contributed by atoms with Gasteiger partial charge in [0.05, 0.1) is 15.6 Å².